The number of unbranched alkanes of at least 4 members (excludes halogenated alkanes) is 10. The van der Waals surface area contributed by atoms with Crippen molar-refractivity contribution in [3.8, 4) is 0 Å². The summed E-state index contributed by atoms with van der Waals surface area (Å²) in [6.45, 7) is 2.36. The van der Waals surface area contributed by atoms with Crippen LogP contribution in [0.25, 0.3) is 0 Å². The minimum Gasteiger partial charge on any atom is -0.461 e. The van der Waals surface area contributed by atoms with Gasteiger partial charge < -0.3 is 9.47 Å². The minimum absolute atomic E-state index is 0.0133. The van der Waals surface area contributed by atoms with Crippen molar-refractivity contribution in [2.24, 2.45) is 5.92 Å². The quantitative estimate of drug-likeness (QED) is 0.158. The van der Waals surface area contributed by atoms with Gasteiger partial charge in [0.05, 0.1) is 18.4 Å². The van der Waals surface area contributed by atoms with E-state index in [1.807, 2.05) is 60.7 Å². The molecule has 4 rings (SSSR count). The number of hydrogen-bond donors (Lipinski definition) is 0. The van der Waals surface area contributed by atoms with E-state index in [-0.39, 0.29) is 30.8 Å². The molecule has 0 bridgehead atoms. The van der Waals surface area contributed by atoms with Crippen LogP contribution in [-0.4, -0.2) is 41.6 Å². The van der Waals surface area contributed by atoms with Gasteiger partial charge in [0.15, 0.2) is 0 Å². The molecule has 2 heterocycles. The highest BCUT2D eigenvalue weighted by atomic mass is 16.6. The summed E-state index contributed by atoms with van der Waals surface area (Å²) >= 11 is 0. The number of hydrogen-bond acceptors (Lipinski definition) is 5. The smallest absolute Gasteiger partial charge is 0.417 e. The average molecular weight is 548 g/mol. The maximum absolute atomic E-state index is 13.9. The molecule has 2 amide bonds. The normalized spacial score (nSPS) is 20.6. The highest BCUT2D eigenvalue weighted by Gasteiger charge is 2.49. The Morgan fingerprint density at radius 1 is 0.800 bits per heavy atom. The van der Waals surface area contributed by atoms with Gasteiger partial charge in [0.25, 0.3) is 0 Å². The van der Waals surface area contributed by atoms with Gasteiger partial charge >= 0.3 is 12.1 Å². The Balaban J connectivity index is 1.34. The Morgan fingerprint density at radius 2 is 1.32 bits per heavy atom. The monoisotopic (exact) mass is 547 g/mol. The summed E-state index contributed by atoms with van der Waals surface area (Å²) < 4.78 is 11.1. The summed E-state index contributed by atoms with van der Waals surface area (Å²) in [4.78, 5) is 40.4. The van der Waals surface area contributed by atoms with E-state index in [4.69, 9.17) is 9.47 Å². The second-order valence-corrected chi connectivity index (χ2v) is 11.3. The van der Waals surface area contributed by atoms with Crippen molar-refractivity contribution in [3.63, 3.8) is 0 Å². The Bertz CT molecular complexity index is 1030. The molecule has 2 aliphatic rings. The van der Waals surface area contributed by atoms with Gasteiger partial charge in [-0.25, -0.2) is 9.69 Å². The summed E-state index contributed by atoms with van der Waals surface area (Å²) in [5, 5.41) is 0. The zero-order valence-corrected chi connectivity index (χ0v) is 24.0. The standard InChI is InChI=1S/C34H45NO5/c1-2-3-4-5-6-7-8-9-10-11-18-23-30-28(24-31(36)40-30)33(37)35-29(25-39-34(35)38)32(26-19-14-12-15-20-26)27-21-16-13-17-22-27/h12-17,19-22,28-30,32H,2-11,18,23-25H2,1H3/t28-,29+,30+/m1/s1. The van der Waals surface area contributed by atoms with Crippen molar-refractivity contribution in [2.45, 2.75) is 108 Å². The summed E-state index contributed by atoms with van der Waals surface area (Å²) in [5.41, 5.74) is 2.01. The van der Waals surface area contributed by atoms with Crippen molar-refractivity contribution in [2.75, 3.05) is 6.61 Å². The lowest BCUT2D eigenvalue weighted by atomic mass is 9.84. The maximum Gasteiger partial charge on any atom is 0.417 e. The molecule has 2 aromatic carbocycles. The molecule has 40 heavy (non-hydrogen) atoms. The average Bonchev–Trinajstić information content (AvgIpc) is 3.54. The van der Waals surface area contributed by atoms with Gasteiger partial charge in [-0.3, -0.25) is 9.59 Å². The van der Waals surface area contributed by atoms with Gasteiger partial charge in [-0.15, -0.1) is 0 Å². The van der Waals surface area contributed by atoms with Crippen molar-refractivity contribution in [1.29, 1.82) is 0 Å². The van der Waals surface area contributed by atoms with E-state index in [9.17, 15) is 14.4 Å². The zero-order chi connectivity index (χ0) is 28.2. The summed E-state index contributed by atoms with van der Waals surface area (Å²) in [6, 6.07) is 19.3. The summed E-state index contributed by atoms with van der Waals surface area (Å²) in [7, 11) is 0. The van der Waals surface area contributed by atoms with Crippen molar-refractivity contribution >= 4 is 18.0 Å². The number of ether oxygens (including phenoxy) is 2. The van der Waals surface area contributed by atoms with E-state index < -0.39 is 24.2 Å². The fourth-order valence-corrected chi connectivity index (χ4v) is 6.20. The molecule has 2 saturated heterocycles. The molecule has 0 unspecified atom stereocenters. The molecule has 0 spiro atoms. The van der Waals surface area contributed by atoms with E-state index in [0.29, 0.717) is 6.42 Å². The number of carbonyl (C=O) groups excluding carboxylic acids is 3. The number of nitrogens with zero attached hydrogens (tertiary/aromatic N) is 1. The van der Waals surface area contributed by atoms with Crippen LogP contribution in [-0.2, 0) is 19.1 Å². The highest BCUT2D eigenvalue weighted by molar-refractivity contribution is 5.97. The molecule has 0 radical (unpaired) electrons. The number of cyclic esters (lactones) is 2. The number of esters is 1. The Labute approximate surface area is 239 Å². The molecule has 0 aromatic heterocycles. The molecule has 3 atom stereocenters. The SMILES string of the molecule is CCCCCCCCCCCCC[C@@H]1OC(=O)C[C@H]1C(=O)N1C(=O)OC[C@H]1C(c1ccccc1)c1ccccc1. The Morgan fingerprint density at radius 3 is 1.88 bits per heavy atom. The number of carbonyl (C=O) groups is 3. The van der Waals surface area contributed by atoms with Gasteiger partial charge in [0.1, 0.15) is 12.7 Å². The summed E-state index contributed by atoms with van der Waals surface area (Å²) in [5.74, 6) is -1.61. The van der Waals surface area contributed by atoms with E-state index in [0.717, 1.165) is 30.4 Å². The lowest BCUT2D eigenvalue weighted by molar-refractivity contribution is -0.142. The lowest BCUT2D eigenvalue weighted by Crippen LogP contribution is -2.47. The molecule has 0 aliphatic carbocycles. The fraction of sp³-hybridized carbons (Fsp3) is 0.559. The van der Waals surface area contributed by atoms with E-state index in [2.05, 4.69) is 6.92 Å². The molecule has 2 aliphatic heterocycles. The summed E-state index contributed by atoms with van der Waals surface area (Å²) in [6.07, 6.45) is 13.1. The van der Waals surface area contributed by atoms with Crippen LogP contribution >= 0.6 is 0 Å². The molecular formula is C34H45NO5. The van der Waals surface area contributed by atoms with Gasteiger partial charge in [-0.1, -0.05) is 132 Å². The molecule has 2 aromatic rings. The third-order valence-electron chi connectivity index (χ3n) is 8.37. The van der Waals surface area contributed by atoms with Gasteiger partial charge in [-0.2, -0.15) is 0 Å². The minimum atomic E-state index is -0.657. The number of rotatable bonds is 16. The molecule has 0 saturated carbocycles. The second kappa shape index (κ2) is 15.6. The van der Waals surface area contributed by atoms with Crippen LogP contribution in [0.4, 0.5) is 4.79 Å². The van der Waals surface area contributed by atoms with Crippen molar-refractivity contribution < 1.29 is 23.9 Å². The number of amides is 2. The Kier molecular flexibility index (Phi) is 11.6. The number of benzene rings is 2. The first-order valence-electron chi connectivity index (χ1n) is 15.4. The zero-order valence-electron chi connectivity index (χ0n) is 24.0. The molecule has 2 fully saturated rings. The predicted octanol–water partition coefficient (Wildman–Crippen LogP) is 7.80. The first-order valence-corrected chi connectivity index (χ1v) is 15.4. The molecule has 216 valence electrons. The third kappa shape index (κ3) is 7.96. The van der Waals surface area contributed by atoms with Crippen molar-refractivity contribution in [3.05, 3.63) is 71.8 Å². The third-order valence-corrected chi connectivity index (χ3v) is 8.37. The maximum atomic E-state index is 13.9. The molecule has 6 nitrogen and oxygen atoms in total. The largest absolute Gasteiger partial charge is 0.461 e. The first-order chi connectivity index (χ1) is 19.6. The van der Waals surface area contributed by atoms with E-state index in [1.165, 1.54) is 56.3 Å². The van der Waals surface area contributed by atoms with E-state index >= 15 is 0 Å². The second-order valence-electron chi connectivity index (χ2n) is 11.3. The predicted molar refractivity (Wildman–Crippen MR) is 156 cm³/mol. The van der Waals surface area contributed by atoms with Gasteiger partial charge in [0.2, 0.25) is 5.91 Å². The highest BCUT2D eigenvalue weighted by Crippen LogP contribution is 2.37. The van der Waals surface area contributed by atoms with Gasteiger partial charge in [0, 0.05) is 5.92 Å². The van der Waals surface area contributed by atoms with Crippen LogP contribution in [0.2, 0.25) is 0 Å². The van der Waals surface area contributed by atoms with Crippen LogP contribution in [0.1, 0.15) is 107 Å². The van der Waals surface area contributed by atoms with E-state index in [1.54, 1.807) is 0 Å². The van der Waals surface area contributed by atoms with Crippen LogP contribution in [0.3, 0.4) is 0 Å². The van der Waals surface area contributed by atoms with Crippen LogP contribution in [0, 0.1) is 5.92 Å². The van der Waals surface area contributed by atoms with Crippen LogP contribution < -0.4 is 0 Å². The molecular weight excluding hydrogens is 502 g/mol. The van der Waals surface area contributed by atoms with Crippen LogP contribution in [0.15, 0.2) is 60.7 Å². The molecule has 6 heteroatoms. The fourth-order valence-electron chi connectivity index (χ4n) is 6.20. The van der Waals surface area contributed by atoms with Crippen molar-refractivity contribution in [1.82, 2.24) is 4.90 Å². The number of imide groups is 1. The van der Waals surface area contributed by atoms with Crippen LogP contribution in [0.5, 0.6) is 0 Å². The Hall–Kier alpha value is -3.15. The molecule has 0 N–H and O–H groups in total. The van der Waals surface area contributed by atoms with Gasteiger partial charge in [-0.05, 0) is 24.0 Å². The lowest BCUT2D eigenvalue weighted by Gasteiger charge is -2.30. The first kappa shape index (κ1) is 29.8. The topological polar surface area (TPSA) is 72.9 Å².